The maximum Gasteiger partial charge on any atom is 0.471 e. The van der Waals surface area contributed by atoms with Crippen LogP contribution < -0.4 is 10.2 Å². The quantitative estimate of drug-likeness (QED) is 0.834. The Hall–Kier alpha value is -2.50. The maximum atomic E-state index is 12.8. The maximum absolute atomic E-state index is 12.8. The fourth-order valence-electron chi connectivity index (χ4n) is 4.18. The molecular weight excluding hydrogens is 341 g/mol. The molecular formula is C20H19F3N2O. The Kier molecular flexibility index (Phi) is 4.13. The van der Waals surface area contributed by atoms with E-state index in [2.05, 4.69) is 16.3 Å². The zero-order valence-electron chi connectivity index (χ0n) is 14.1. The van der Waals surface area contributed by atoms with Crippen molar-refractivity contribution in [2.24, 2.45) is 0 Å². The van der Waals surface area contributed by atoms with Gasteiger partial charge in [0, 0.05) is 12.2 Å². The summed E-state index contributed by atoms with van der Waals surface area (Å²) in [7, 11) is 0. The second kappa shape index (κ2) is 6.34. The molecule has 2 aliphatic heterocycles. The number of hydrogen-bond acceptors (Lipinski definition) is 2. The van der Waals surface area contributed by atoms with Crippen LogP contribution in [0.2, 0.25) is 0 Å². The monoisotopic (exact) mass is 360 g/mol. The van der Waals surface area contributed by atoms with E-state index in [1.54, 1.807) is 0 Å². The Bertz CT molecular complexity index is 834. The van der Waals surface area contributed by atoms with Crippen LogP contribution in [0.3, 0.4) is 0 Å². The minimum atomic E-state index is -4.87. The number of alkyl halides is 3. The number of halogens is 3. The predicted octanol–water partition coefficient (Wildman–Crippen LogP) is 3.98. The van der Waals surface area contributed by atoms with Crippen molar-refractivity contribution in [3.63, 3.8) is 0 Å². The Morgan fingerprint density at radius 1 is 1.04 bits per heavy atom. The number of para-hydroxylation sites is 1. The fourth-order valence-corrected chi connectivity index (χ4v) is 4.18. The average Bonchev–Trinajstić information content (AvgIpc) is 2.76. The van der Waals surface area contributed by atoms with Gasteiger partial charge in [-0.05, 0) is 42.0 Å². The zero-order valence-corrected chi connectivity index (χ0v) is 14.1. The van der Waals surface area contributed by atoms with Crippen molar-refractivity contribution in [2.45, 2.75) is 37.5 Å². The number of rotatable bonds is 1. The number of benzene rings is 2. The van der Waals surface area contributed by atoms with Gasteiger partial charge in [-0.15, -0.1) is 0 Å². The first kappa shape index (κ1) is 16.9. The van der Waals surface area contributed by atoms with Gasteiger partial charge in [-0.2, -0.15) is 13.2 Å². The van der Waals surface area contributed by atoms with Crippen molar-refractivity contribution in [2.75, 3.05) is 11.4 Å². The highest BCUT2D eigenvalue weighted by Gasteiger charge is 2.43. The standard InChI is InChI=1S/C20H19F3N2O/c21-20(22,23)19(26)24-16-9-5-11-25-17-10-4-2-7-14(17)12-13-6-1-3-8-15(13)18(16)25/h1-4,6-8,10,16,18H,5,9,11-12H2,(H,24,26)/t16-,18-/m1/s1. The summed E-state index contributed by atoms with van der Waals surface area (Å²) in [6.45, 7) is 0.758. The lowest BCUT2D eigenvalue weighted by Crippen LogP contribution is -2.53. The lowest BCUT2D eigenvalue weighted by molar-refractivity contribution is -0.174. The van der Waals surface area contributed by atoms with Crippen LogP contribution in [-0.4, -0.2) is 24.7 Å². The highest BCUT2D eigenvalue weighted by molar-refractivity contribution is 5.82. The first-order valence-corrected chi connectivity index (χ1v) is 8.75. The third kappa shape index (κ3) is 2.93. The molecule has 0 aliphatic carbocycles. The van der Waals surface area contributed by atoms with Crippen LogP contribution in [0.15, 0.2) is 48.5 Å². The predicted molar refractivity (Wildman–Crippen MR) is 93.0 cm³/mol. The summed E-state index contributed by atoms with van der Waals surface area (Å²) in [4.78, 5) is 13.8. The van der Waals surface area contributed by atoms with Gasteiger partial charge in [-0.1, -0.05) is 42.5 Å². The van der Waals surface area contributed by atoms with E-state index in [0.717, 1.165) is 41.8 Å². The van der Waals surface area contributed by atoms with Crippen molar-refractivity contribution >= 4 is 11.6 Å². The summed E-state index contributed by atoms with van der Waals surface area (Å²) in [5, 5.41) is 2.25. The third-order valence-electron chi connectivity index (χ3n) is 5.26. The van der Waals surface area contributed by atoms with Crippen LogP contribution in [0.5, 0.6) is 0 Å². The molecule has 0 spiro atoms. The number of fused-ring (bicyclic) bond motifs is 5. The van der Waals surface area contributed by atoms with E-state index >= 15 is 0 Å². The number of nitrogens with one attached hydrogen (secondary N) is 1. The molecule has 1 saturated heterocycles. The van der Waals surface area contributed by atoms with E-state index in [4.69, 9.17) is 0 Å². The number of amides is 1. The summed E-state index contributed by atoms with van der Waals surface area (Å²) in [6, 6.07) is 15.0. The van der Waals surface area contributed by atoms with Crippen molar-refractivity contribution in [3.05, 3.63) is 65.2 Å². The molecule has 6 heteroatoms. The second-order valence-electron chi connectivity index (χ2n) is 6.86. The van der Waals surface area contributed by atoms with E-state index in [1.165, 1.54) is 0 Å². The molecule has 2 atom stereocenters. The minimum absolute atomic E-state index is 0.296. The van der Waals surface area contributed by atoms with Crippen LogP contribution in [0, 0.1) is 0 Å². The minimum Gasteiger partial charge on any atom is -0.362 e. The number of nitrogens with zero attached hydrogens (tertiary/aromatic N) is 1. The molecule has 1 N–H and O–H groups in total. The van der Waals surface area contributed by atoms with Crippen molar-refractivity contribution in [1.29, 1.82) is 0 Å². The molecule has 0 unspecified atom stereocenters. The largest absolute Gasteiger partial charge is 0.471 e. The Labute approximate surface area is 149 Å². The van der Waals surface area contributed by atoms with Gasteiger partial charge in [-0.25, -0.2) is 0 Å². The molecule has 2 heterocycles. The van der Waals surface area contributed by atoms with Gasteiger partial charge < -0.3 is 10.2 Å². The summed E-state index contributed by atoms with van der Waals surface area (Å²) in [6.07, 6.45) is -2.88. The van der Waals surface area contributed by atoms with Gasteiger partial charge in [-0.3, -0.25) is 4.79 Å². The van der Waals surface area contributed by atoms with E-state index < -0.39 is 18.1 Å². The van der Waals surface area contributed by atoms with Gasteiger partial charge in [0.1, 0.15) is 0 Å². The topological polar surface area (TPSA) is 32.3 Å². The van der Waals surface area contributed by atoms with Crippen LogP contribution in [0.25, 0.3) is 0 Å². The van der Waals surface area contributed by atoms with Gasteiger partial charge in [0.15, 0.2) is 0 Å². The van der Waals surface area contributed by atoms with Gasteiger partial charge >= 0.3 is 12.1 Å². The van der Waals surface area contributed by atoms with Gasteiger partial charge in [0.05, 0.1) is 12.1 Å². The van der Waals surface area contributed by atoms with Crippen LogP contribution in [0.1, 0.15) is 35.6 Å². The zero-order chi connectivity index (χ0) is 18.3. The Morgan fingerprint density at radius 2 is 1.73 bits per heavy atom. The molecule has 0 aromatic heterocycles. The smallest absolute Gasteiger partial charge is 0.362 e. The van der Waals surface area contributed by atoms with E-state index in [-0.39, 0.29) is 6.04 Å². The molecule has 2 aromatic carbocycles. The van der Waals surface area contributed by atoms with Crippen LogP contribution in [-0.2, 0) is 11.2 Å². The molecule has 136 valence electrons. The average molecular weight is 360 g/mol. The summed E-state index contributed by atoms with van der Waals surface area (Å²) >= 11 is 0. The molecule has 2 aromatic rings. The summed E-state index contributed by atoms with van der Waals surface area (Å²) in [5.74, 6) is -1.86. The van der Waals surface area contributed by atoms with E-state index in [1.807, 2.05) is 42.5 Å². The first-order chi connectivity index (χ1) is 12.4. The molecule has 0 radical (unpaired) electrons. The second-order valence-corrected chi connectivity index (χ2v) is 6.86. The molecule has 0 saturated carbocycles. The summed E-state index contributed by atoms with van der Waals surface area (Å²) < 4.78 is 38.5. The lowest BCUT2D eigenvalue weighted by atomic mass is 9.88. The highest BCUT2D eigenvalue weighted by Crippen LogP contribution is 2.42. The Balaban J connectivity index is 1.79. The molecule has 1 amide bonds. The SMILES string of the molecule is O=C(N[C@@H]1CCCN2c3ccccc3Cc3ccccc3[C@H]12)C(F)(F)F. The summed E-state index contributed by atoms with van der Waals surface area (Å²) in [5.41, 5.74) is 4.29. The van der Waals surface area contributed by atoms with Crippen molar-refractivity contribution in [3.8, 4) is 0 Å². The van der Waals surface area contributed by atoms with Crippen LogP contribution >= 0.6 is 0 Å². The highest BCUT2D eigenvalue weighted by atomic mass is 19.4. The van der Waals surface area contributed by atoms with E-state index in [0.29, 0.717) is 6.42 Å². The fraction of sp³-hybridized carbons (Fsp3) is 0.350. The van der Waals surface area contributed by atoms with Crippen molar-refractivity contribution < 1.29 is 18.0 Å². The normalized spacial score (nSPS) is 21.9. The van der Waals surface area contributed by atoms with E-state index in [9.17, 15) is 18.0 Å². The molecule has 3 nitrogen and oxygen atoms in total. The lowest BCUT2D eigenvalue weighted by Gasteiger charge is -2.43. The first-order valence-electron chi connectivity index (χ1n) is 8.75. The molecule has 1 fully saturated rings. The Morgan fingerprint density at radius 3 is 2.50 bits per heavy atom. The molecule has 26 heavy (non-hydrogen) atoms. The number of anilines is 1. The van der Waals surface area contributed by atoms with Crippen molar-refractivity contribution in [1.82, 2.24) is 5.32 Å². The third-order valence-corrected chi connectivity index (χ3v) is 5.26. The molecule has 0 bridgehead atoms. The number of piperidine rings is 1. The van der Waals surface area contributed by atoms with Gasteiger partial charge in [0.25, 0.3) is 0 Å². The number of hydrogen-bond donors (Lipinski definition) is 1. The molecule has 4 rings (SSSR count). The number of carbonyl (C=O) groups is 1. The van der Waals surface area contributed by atoms with Gasteiger partial charge in [0.2, 0.25) is 0 Å². The molecule has 2 aliphatic rings. The number of carbonyl (C=O) groups excluding carboxylic acids is 1. The van der Waals surface area contributed by atoms with Crippen LogP contribution in [0.4, 0.5) is 18.9 Å².